The molecule has 0 saturated carbocycles. The molecule has 0 unspecified atom stereocenters. The second kappa shape index (κ2) is 7.64. The number of aryl methyl sites for hydroxylation is 1. The molecule has 6 nitrogen and oxygen atoms in total. The highest BCUT2D eigenvalue weighted by molar-refractivity contribution is 6.00. The Morgan fingerprint density at radius 2 is 1.91 bits per heavy atom. The van der Waals surface area contributed by atoms with Gasteiger partial charge in [-0.2, -0.15) is 0 Å². The largest absolute Gasteiger partial charge is 0.465 e. The van der Waals surface area contributed by atoms with Gasteiger partial charge in [0.05, 0.1) is 12.7 Å². The summed E-state index contributed by atoms with van der Waals surface area (Å²) in [6, 6.07) is 0. The van der Waals surface area contributed by atoms with E-state index < -0.39 is 5.97 Å². The van der Waals surface area contributed by atoms with Crippen LogP contribution in [0, 0.1) is 12.3 Å². The van der Waals surface area contributed by atoms with Gasteiger partial charge in [-0.15, -0.1) is 0 Å². The Bertz CT molecular complexity index is 574. The van der Waals surface area contributed by atoms with Gasteiger partial charge in [-0.3, -0.25) is 4.79 Å². The number of methoxy groups -OCH3 is 1. The third kappa shape index (κ3) is 4.82. The normalized spacial score (nSPS) is 11.7. The molecular weight excluding hydrogens is 294 g/mol. The number of aromatic nitrogens is 1. The minimum Gasteiger partial charge on any atom is -0.465 e. The van der Waals surface area contributed by atoms with Gasteiger partial charge in [0.25, 0.3) is 5.91 Å². The average molecular weight is 323 g/mol. The first-order chi connectivity index (χ1) is 10.6. The number of rotatable bonds is 7. The quantitative estimate of drug-likeness (QED) is 0.753. The lowest BCUT2D eigenvalue weighted by molar-refractivity contribution is 0.0599. The number of hydrogen-bond donors (Lipinski definition) is 2. The van der Waals surface area contributed by atoms with Crippen LogP contribution in [0.25, 0.3) is 0 Å². The van der Waals surface area contributed by atoms with Crippen LogP contribution in [0.3, 0.4) is 0 Å². The van der Waals surface area contributed by atoms with E-state index in [1.807, 2.05) is 21.0 Å². The Balaban J connectivity index is 2.93. The number of carbonyl (C=O) groups is 2. The van der Waals surface area contributed by atoms with Crippen molar-refractivity contribution in [1.29, 1.82) is 0 Å². The second-order valence-electron chi connectivity index (χ2n) is 6.91. The Morgan fingerprint density at radius 3 is 2.39 bits per heavy atom. The van der Waals surface area contributed by atoms with E-state index in [2.05, 4.69) is 29.0 Å². The molecule has 0 aliphatic carbocycles. The predicted octanol–water partition coefficient (Wildman–Crippen LogP) is 1.99. The fourth-order valence-corrected chi connectivity index (χ4v) is 2.85. The number of nitrogens with zero attached hydrogens (tertiary/aromatic N) is 1. The van der Waals surface area contributed by atoms with Crippen molar-refractivity contribution in [3.8, 4) is 0 Å². The summed E-state index contributed by atoms with van der Waals surface area (Å²) >= 11 is 0. The average Bonchev–Trinajstić information content (AvgIpc) is 2.79. The minimum atomic E-state index is -0.414. The fraction of sp³-hybridized carbons (Fsp3) is 0.647. The summed E-state index contributed by atoms with van der Waals surface area (Å²) in [6.07, 6.45) is 0.630. The van der Waals surface area contributed by atoms with Crippen LogP contribution in [0.5, 0.6) is 0 Å². The SMILES string of the molecule is CCc1[nH]c(C(=O)NCC(C)(C)CN(C)C)c(C)c1C(=O)OC. The Morgan fingerprint density at radius 1 is 1.30 bits per heavy atom. The van der Waals surface area contributed by atoms with Crippen molar-refractivity contribution in [3.63, 3.8) is 0 Å². The van der Waals surface area contributed by atoms with Crippen LogP contribution in [0.15, 0.2) is 0 Å². The maximum absolute atomic E-state index is 12.5. The lowest BCUT2D eigenvalue weighted by atomic mass is 9.93. The number of amides is 1. The highest BCUT2D eigenvalue weighted by Gasteiger charge is 2.25. The van der Waals surface area contributed by atoms with Gasteiger partial charge in [-0.1, -0.05) is 20.8 Å². The lowest BCUT2D eigenvalue weighted by Gasteiger charge is -2.28. The van der Waals surface area contributed by atoms with E-state index in [1.165, 1.54) is 7.11 Å². The minimum absolute atomic E-state index is 0.0432. The highest BCUT2D eigenvalue weighted by atomic mass is 16.5. The summed E-state index contributed by atoms with van der Waals surface area (Å²) in [5.74, 6) is -0.609. The zero-order chi connectivity index (χ0) is 17.8. The number of ether oxygens (including phenoxy) is 1. The molecule has 2 N–H and O–H groups in total. The zero-order valence-electron chi connectivity index (χ0n) is 15.3. The van der Waals surface area contributed by atoms with Crippen molar-refractivity contribution >= 4 is 11.9 Å². The Kier molecular flexibility index (Phi) is 6.38. The summed E-state index contributed by atoms with van der Waals surface area (Å²) < 4.78 is 4.81. The first-order valence-corrected chi connectivity index (χ1v) is 7.85. The van der Waals surface area contributed by atoms with Crippen LogP contribution in [0.2, 0.25) is 0 Å². The number of nitrogens with one attached hydrogen (secondary N) is 2. The Hall–Kier alpha value is -1.82. The van der Waals surface area contributed by atoms with Gasteiger partial charge in [-0.25, -0.2) is 4.79 Å². The van der Waals surface area contributed by atoms with Crippen LogP contribution in [0.1, 0.15) is 52.9 Å². The van der Waals surface area contributed by atoms with Crippen molar-refractivity contribution in [3.05, 3.63) is 22.5 Å². The molecule has 130 valence electrons. The number of carbonyl (C=O) groups excluding carboxylic acids is 2. The molecule has 1 heterocycles. The molecule has 23 heavy (non-hydrogen) atoms. The predicted molar refractivity (Wildman–Crippen MR) is 90.9 cm³/mol. The van der Waals surface area contributed by atoms with E-state index in [1.54, 1.807) is 6.92 Å². The molecule has 0 bridgehead atoms. The van der Waals surface area contributed by atoms with Gasteiger partial charge in [0.1, 0.15) is 5.69 Å². The van der Waals surface area contributed by atoms with E-state index >= 15 is 0 Å². The van der Waals surface area contributed by atoms with Gasteiger partial charge in [0.15, 0.2) is 0 Å². The highest BCUT2D eigenvalue weighted by Crippen LogP contribution is 2.21. The van der Waals surface area contributed by atoms with Crippen molar-refractivity contribution in [2.75, 3.05) is 34.3 Å². The van der Waals surface area contributed by atoms with E-state index in [0.29, 0.717) is 29.8 Å². The van der Waals surface area contributed by atoms with Gasteiger partial charge < -0.3 is 19.9 Å². The van der Waals surface area contributed by atoms with Crippen molar-refractivity contribution in [2.24, 2.45) is 5.41 Å². The van der Waals surface area contributed by atoms with Crippen LogP contribution in [0.4, 0.5) is 0 Å². The lowest BCUT2D eigenvalue weighted by Crippen LogP contribution is -2.40. The zero-order valence-corrected chi connectivity index (χ0v) is 15.3. The molecule has 1 aromatic rings. The van der Waals surface area contributed by atoms with Crippen molar-refractivity contribution in [2.45, 2.75) is 34.1 Å². The van der Waals surface area contributed by atoms with Crippen LogP contribution in [-0.2, 0) is 11.2 Å². The summed E-state index contributed by atoms with van der Waals surface area (Å²) in [5, 5.41) is 2.96. The summed E-state index contributed by atoms with van der Waals surface area (Å²) in [5.41, 5.74) is 2.22. The molecule has 1 rings (SSSR count). The van der Waals surface area contributed by atoms with Crippen LogP contribution >= 0.6 is 0 Å². The van der Waals surface area contributed by atoms with E-state index in [9.17, 15) is 9.59 Å². The molecule has 0 aromatic carbocycles. The van der Waals surface area contributed by atoms with E-state index in [-0.39, 0.29) is 11.3 Å². The summed E-state index contributed by atoms with van der Waals surface area (Å²) in [6.45, 7) is 9.32. The third-order valence-corrected chi connectivity index (χ3v) is 3.77. The standard InChI is InChI=1S/C17H29N3O3/c1-8-12-13(16(22)23-7)11(2)14(19-12)15(21)18-9-17(3,4)10-20(5)6/h19H,8-10H2,1-7H3,(H,18,21). The summed E-state index contributed by atoms with van der Waals surface area (Å²) in [4.78, 5) is 29.6. The van der Waals surface area contributed by atoms with Crippen molar-refractivity contribution in [1.82, 2.24) is 15.2 Å². The molecule has 0 spiro atoms. The van der Waals surface area contributed by atoms with Crippen molar-refractivity contribution < 1.29 is 14.3 Å². The number of H-pyrrole nitrogens is 1. The third-order valence-electron chi connectivity index (χ3n) is 3.77. The molecule has 1 amide bonds. The monoisotopic (exact) mass is 323 g/mol. The maximum atomic E-state index is 12.5. The van der Waals surface area contributed by atoms with Gasteiger partial charge >= 0.3 is 5.97 Å². The Labute approximate surface area is 138 Å². The summed E-state index contributed by atoms with van der Waals surface area (Å²) in [7, 11) is 5.36. The molecule has 0 atom stereocenters. The topological polar surface area (TPSA) is 74.4 Å². The van der Waals surface area contributed by atoms with E-state index in [4.69, 9.17) is 4.74 Å². The fourth-order valence-electron chi connectivity index (χ4n) is 2.85. The molecule has 0 radical (unpaired) electrons. The molecule has 1 aromatic heterocycles. The molecule has 0 fully saturated rings. The first kappa shape index (κ1) is 19.2. The maximum Gasteiger partial charge on any atom is 0.339 e. The number of esters is 1. The molecular formula is C17H29N3O3. The molecule has 0 aliphatic rings. The van der Waals surface area contributed by atoms with Crippen LogP contribution in [-0.4, -0.2) is 56.1 Å². The van der Waals surface area contributed by atoms with Gasteiger partial charge in [0, 0.05) is 18.8 Å². The smallest absolute Gasteiger partial charge is 0.339 e. The van der Waals surface area contributed by atoms with Crippen LogP contribution < -0.4 is 5.32 Å². The number of aromatic amines is 1. The van der Waals surface area contributed by atoms with E-state index in [0.717, 1.165) is 12.2 Å². The molecule has 6 heteroatoms. The molecule has 0 aliphatic heterocycles. The number of hydrogen-bond acceptors (Lipinski definition) is 4. The van der Waals surface area contributed by atoms with Gasteiger partial charge in [-0.05, 0) is 38.4 Å². The first-order valence-electron chi connectivity index (χ1n) is 7.85. The van der Waals surface area contributed by atoms with Gasteiger partial charge in [0.2, 0.25) is 0 Å². The second-order valence-corrected chi connectivity index (χ2v) is 6.91. The molecule has 0 saturated heterocycles.